The highest BCUT2D eigenvalue weighted by Crippen LogP contribution is 2.26. The first kappa shape index (κ1) is 20.5. The molecule has 0 spiro atoms. The van der Waals surface area contributed by atoms with Crippen LogP contribution in [0.5, 0.6) is 0 Å². The molecule has 0 fully saturated rings. The van der Waals surface area contributed by atoms with E-state index in [1.165, 1.54) is 24.4 Å². The predicted octanol–water partition coefficient (Wildman–Crippen LogP) is 5.19. The molecule has 2 N–H and O–H groups in total. The Morgan fingerprint density at radius 1 is 0.897 bits per heavy atom. The van der Waals surface area contributed by atoms with Gasteiger partial charge in [-0.05, 0) is 36.4 Å². The highest BCUT2D eigenvalue weighted by atomic mass is 35.5. The van der Waals surface area contributed by atoms with E-state index in [2.05, 4.69) is 15.6 Å². The summed E-state index contributed by atoms with van der Waals surface area (Å²) in [7, 11) is 0. The van der Waals surface area contributed by atoms with Crippen LogP contribution in [0, 0.1) is 5.82 Å². The summed E-state index contributed by atoms with van der Waals surface area (Å²) >= 11 is 12.0. The Bertz CT molecular complexity index is 1070. The number of amides is 2. The molecule has 2 amide bonds. The smallest absolute Gasteiger partial charge is 0.261 e. The Balaban J connectivity index is 1.97. The van der Waals surface area contributed by atoms with Gasteiger partial charge in [0.1, 0.15) is 16.5 Å². The van der Waals surface area contributed by atoms with Gasteiger partial charge < -0.3 is 10.6 Å². The minimum absolute atomic E-state index is 0.000535. The van der Waals surface area contributed by atoms with Crippen LogP contribution in [0.1, 0.15) is 5.56 Å². The van der Waals surface area contributed by atoms with Gasteiger partial charge in [-0.15, -0.1) is 0 Å². The summed E-state index contributed by atoms with van der Waals surface area (Å²) in [6.45, 7) is 0. The fourth-order valence-corrected chi connectivity index (χ4v) is 2.80. The van der Waals surface area contributed by atoms with E-state index in [1.807, 2.05) is 0 Å². The number of benzene rings is 2. The molecule has 146 valence electrons. The van der Waals surface area contributed by atoms with E-state index in [4.69, 9.17) is 23.2 Å². The first-order valence-electron chi connectivity index (χ1n) is 8.39. The van der Waals surface area contributed by atoms with Crippen molar-refractivity contribution in [3.63, 3.8) is 0 Å². The van der Waals surface area contributed by atoms with Gasteiger partial charge in [-0.25, -0.2) is 9.37 Å². The van der Waals surface area contributed by atoms with E-state index < -0.39 is 17.6 Å². The molecule has 0 bridgehead atoms. The molecule has 0 atom stereocenters. The maximum atomic E-state index is 14.1. The van der Waals surface area contributed by atoms with E-state index in [1.54, 1.807) is 42.5 Å². The molecule has 29 heavy (non-hydrogen) atoms. The Kier molecular flexibility index (Phi) is 6.59. The van der Waals surface area contributed by atoms with E-state index in [-0.39, 0.29) is 21.4 Å². The van der Waals surface area contributed by atoms with Crippen LogP contribution in [0.3, 0.4) is 0 Å². The molecule has 3 aromatic rings. The van der Waals surface area contributed by atoms with E-state index in [0.717, 1.165) is 6.07 Å². The van der Waals surface area contributed by atoms with Crippen LogP contribution in [0.2, 0.25) is 10.2 Å². The maximum Gasteiger partial charge on any atom is 0.261 e. The van der Waals surface area contributed by atoms with Crippen LogP contribution in [0.25, 0.3) is 6.08 Å². The summed E-state index contributed by atoms with van der Waals surface area (Å²) in [5.41, 5.74) is 0.303. The van der Waals surface area contributed by atoms with Gasteiger partial charge in [-0.1, -0.05) is 53.5 Å². The van der Waals surface area contributed by atoms with Gasteiger partial charge in [-0.3, -0.25) is 9.59 Å². The van der Waals surface area contributed by atoms with Crippen LogP contribution in [-0.2, 0) is 9.59 Å². The Hall–Kier alpha value is -3.22. The summed E-state index contributed by atoms with van der Waals surface area (Å²) in [6, 6.07) is 15.8. The molecule has 1 aromatic heterocycles. The topological polar surface area (TPSA) is 71.1 Å². The lowest BCUT2D eigenvalue weighted by atomic mass is 10.1. The van der Waals surface area contributed by atoms with Gasteiger partial charge in [0, 0.05) is 17.4 Å². The minimum Gasteiger partial charge on any atom is -0.322 e. The molecule has 0 aliphatic carbocycles. The SMILES string of the molecule is O=C(Nc1ccccc1)/C(=C\c1cccnc1Cl)C(=O)Nc1c(F)cccc1Cl. The number of nitrogens with one attached hydrogen (secondary N) is 2. The van der Waals surface area contributed by atoms with E-state index >= 15 is 0 Å². The fourth-order valence-electron chi connectivity index (χ4n) is 2.41. The van der Waals surface area contributed by atoms with Gasteiger partial charge in [0.05, 0.1) is 10.7 Å². The number of halogens is 3. The van der Waals surface area contributed by atoms with Crippen molar-refractivity contribution >= 4 is 52.5 Å². The van der Waals surface area contributed by atoms with Crippen LogP contribution < -0.4 is 10.6 Å². The zero-order chi connectivity index (χ0) is 20.8. The van der Waals surface area contributed by atoms with Crippen molar-refractivity contribution in [3.8, 4) is 0 Å². The van der Waals surface area contributed by atoms with Crippen molar-refractivity contribution in [2.45, 2.75) is 0 Å². The number of nitrogens with zero attached hydrogens (tertiary/aromatic N) is 1. The molecule has 0 aliphatic heterocycles. The van der Waals surface area contributed by atoms with Crippen molar-refractivity contribution < 1.29 is 14.0 Å². The number of hydrogen-bond donors (Lipinski definition) is 2. The number of aromatic nitrogens is 1. The summed E-state index contributed by atoms with van der Waals surface area (Å²) in [5, 5.41) is 5.07. The molecule has 0 radical (unpaired) electrons. The quantitative estimate of drug-likeness (QED) is 0.253. The average molecular weight is 430 g/mol. The first-order valence-corrected chi connectivity index (χ1v) is 9.15. The second kappa shape index (κ2) is 9.32. The Morgan fingerprint density at radius 3 is 2.31 bits per heavy atom. The molecule has 0 unspecified atom stereocenters. The van der Waals surface area contributed by atoms with Gasteiger partial charge in [0.15, 0.2) is 0 Å². The van der Waals surface area contributed by atoms with Gasteiger partial charge in [0.2, 0.25) is 0 Å². The van der Waals surface area contributed by atoms with E-state index in [0.29, 0.717) is 11.3 Å². The van der Waals surface area contributed by atoms with Crippen molar-refractivity contribution in [2.75, 3.05) is 10.6 Å². The van der Waals surface area contributed by atoms with Gasteiger partial charge in [0.25, 0.3) is 11.8 Å². The molecule has 0 saturated carbocycles. The lowest BCUT2D eigenvalue weighted by molar-refractivity contribution is -0.118. The zero-order valence-corrected chi connectivity index (χ0v) is 16.3. The summed E-state index contributed by atoms with van der Waals surface area (Å²) in [6.07, 6.45) is 2.75. The third kappa shape index (κ3) is 5.19. The van der Waals surface area contributed by atoms with Crippen LogP contribution in [0.4, 0.5) is 15.8 Å². The summed E-state index contributed by atoms with van der Waals surface area (Å²) in [4.78, 5) is 29.6. The van der Waals surface area contributed by atoms with Crippen LogP contribution in [-0.4, -0.2) is 16.8 Å². The number of para-hydroxylation sites is 2. The zero-order valence-electron chi connectivity index (χ0n) is 14.8. The van der Waals surface area contributed by atoms with E-state index in [9.17, 15) is 14.0 Å². The molecule has 8 heteroatoms. The molecule has 2 aromatic carbocycles. The molecule has 0 aliphatic rings. The molecule has 5 nitrogen and oxygen atoms in total. The highest BCUT2D eigenvalue weighted by molar-refractivity contribution is 6.35. The molecule has 0 saturated heterocycles. The molecule has 1 heterocycles. The number of rotatable bonds is 5. The van der Waals surface area contributed by atoms with Gasteiger partial charge >= 0.3 is 0 Å². The lowest BCUT2D eigenvalue weighted by Crippen LogP contribution is -2.25. The summed E-state index contributed by atoms with van der Waals surface area (Å²) in [5.74, 6) is -2.29. The lowest BCUT2D eigenvalue weighted by Gasteiger charge is -2.12. The van der Waals surface area contributed by atoms with Gasteiger partial charge in [-0.2, -0.15) is 0 Å². The number of anilines is 2. The largest absolute Gasteiger partial charge is 0.322 e. The van der Waals surface area contributed by atoms with Crippen molar-refractivity contribution in [3.05, 3.63) is 94.0 Å². The maximum absolute atomic E-state index is 14.1. The third-order valence-corrected chi connectivity index (χ3v) is 4.44. The highest BCUT2D eigenvalue weighted by Gasteiger charge is 2.21. The monoisotopic (exact) mass is 429 g/mol. The third-order valence-electron chi connectivity index (χ3n) is 3.81. The fraction of sp³-hybridized carbons (Fsp3) is 0. The second-order valence-corrected chi connectivity index (χ2v) is 6.58. The standard InChI is InChI=1S/C21H14Cl2FN3O2/c22-16-9-4-10-17(24)18(16)27-21(29)15(12-13-6-5-11-25-19(13)23)20(28)26-14-7-2-1-3-8-14/h1-12H,(H,26,28)(H,27,29)/b15-12+. The number of carbonyl (C=O) groups is 2. The predicted molar refractivity (Wildman–Crippen MR) is 112 cm³/mol. The number of carbonyl (C=O) groups excluding carboxylic acids is 2. The summed E-state index contributed by atoms with van der Waals surface area (Å²) < 4.78 is 14.1. The van der Waals surface area contributed by atoms with Crippen molar-refractivity contribution in [1.82, 2.24) is 4.98 Å². The van der Waals surface area contributed by atoms with Crippen LogP contribution >= 0.6 is 23.2 Å². The van der Waals surface area contributed by atoms with Crippen LogP contribution in [0.15, 0.2) is 72.4 Å². The van der Waals surface area contributed by atoms with Crippen molar-refractivity contribution in [2.24, 2.45) is 0 Å². The Labute approximate surface area is 176 Å². The Morgan fingerprint density at radius 2 is 1.62 bits per heavy atom. The molecular formula is C21H14Cl2FN3O2. The number of hydrogen-bond acceptors (Lipinski definition) is 3. The number of pyridine rings is 1. The molecular weight excluding hydrogens is 416 g/mol. The minimum atomic E-state index is -0.856. The second-order valence-electron chi connectivity index (χ2n) is 5.81. The first-order chi connectivity index (χ1) is 14.0. The molecule has 3 rings (SSSR count). The average Bonchev–Trinajstić information content (AvgIpc) is 2.70. The van der Waals surface area contributed by atoms with Crippen molar-refractivity contribution in [1.29, 1.82) is 0 Å². The normalized spacial score (nSPS) is 11.1.